The fraction of sp³-hybridized carbons (Fsp3) is 1.00. The van der Waals surface area contributed by atoms with Crippen molar-refractivity contribution < 1.29 is 13.2 Å². The Kier molecular flexibility index (Phi) is 3.05. The highest BCUT2D eigenvalue weighted by Crippen LogP contribution is 2.13. The highest BCUT2D eigenvalue weighted by Gasteiger charge is 2.24. The standard InChI is InChI=1S/C6H14N2O3S/c1-5-4-11-3-2-6(5)8-12(7,9)10/h5-6,8H,2-4H2,1H3,(H2,7,9,10). The van der Waals surface area contributed by atoms with Gasteiger partial charge in [-0.15, -0.1) is 0 Å². The van der Waals surface area contributed by atoms with Crippen LogP contribution in [-0.4, -0.2) is 27.7 Å². The molecular weight excluding hydrogens is 180 g/mol. The molecule has 6 heteroatoms. The molecule has 1 saturated heterocycles. The van der Waals surface area contributed by atoms with Gasteiger partial charge in [-0.1, -0.05) is 6.92 Å². The molecule has 0 aromatic heterocycles. The smallest absolute Gasteiger partial charge is 0.274 e. The lowest BCUT2D eigenvalue weighted by molar-refractivity contribution is 0.0450. The van der Waals surface area contributed by atoms with Gasteiger partial charge in [0.1, 0.15) is 0 Å². The molecular formula is C6H14N2O3S. The Morgan fingerprint density at radius 3 is 2.75 bits per heavy atom. The van der Waals surface area contributed by atoms with Crippen LogP contribution >= 0.6 is 0 Å². The number of ether oxygens (including phenoxy) is 1. The van der Waals surface area contributed by atoms with Crippen LogP contribution < -0.4 is 9.86 Å². The van der Waals surface area contributed by atoms with Gasteiger partial charge in [0.25, 0.3) is 10.2 Å². The zero-order valence-corrected chi connectivity index (χ0v) is 7.80. The summed E-state index contributed by atoms with van der Waals surface area (Å²) < 4.78 is 28.9. The highest BCUT2D eigenvalue weighted by atomic mass is 32.2. The normalized spacial score (nSPS) is 31.8. The number of hydrogen-bond donors (Lipinski definition) is 2. The Balaban J connectivity index is 2.50. The lowest BCUT2D eigenvalue weighted by atomic mass is 9.99. The van der Waals surface area contributed by atoms with E-state index < -0.39 is 10.2 Å². The van der Waals surface area contributed by atoms with Gasteiger partial charge in [-0.3, -0.25) is 0 Å². The first-order valence-electron chi connectivity index (χ1n) is 3.87. The summed E-state index contributed by atoms with van der Waals surface area (Å²) in [6.07, 6.45) is 0.692. The third kappa shape index (κ3) is 3.06. The summed E-state index contributed by atoms with van der Waals surface area (Å²) in [6.45, 7) is 3.12. The van der Waals surface area contributed by atoms with E-state index in [4.69, 9.17) is 9.88 Å². The van der Waals surface area contributed by atoms with Crippen LogP contribution in [0.3, 0.4) is 0 Å². The third-order valence-electron chi connectivity index (χ3n) is 1.96. The fourth-order valence-electron chi connectivity index (χ4n) is 1.27. The van der Waals surface area contributed by atoms with Crippen molar-refractivity contribution in [2.75, 3.05) is 13.2 Å². The van der Waals surface area contributed by atoms with E-state index in [0.717, 1.165) is 0 Å². The van der Waals surface area contributed by atoms with Crippen molar-refractivity contribution in [2.24, 2.45) is 11.1 Å². The van der Waals surface area contributed by atoms with E-state index in [1.165, 1.54) is 0 Å². The maximum Gasteiger partial charge on any atom is 0.274 e. The Hall–Kier alpha value is -0.170. The molecule has 5 nitrogen and oxygen atoms in total. The summed E-state index contributed by atoms with van der Waals surface area (Å²) in [4.78, 5) is 0. The van der Waals surface area contributed by atoms with Gasteiger partial charge in [-0.2, -0.15) is 13.1 Å². The second-order valence-electron chi connectivity index (χ2n) is 3.11. The minimum absolute atomic E-state index is 0.0752. The van der Waals surface area contributed by atoms with Crippen molar-refractivity contribution in [3.63, 3.8) is 0 Å². The van der Waals surface area contributed by atoms with Crippen LogP contribution in [0.15, 0.2) is 0 Å². The molecule has 12 heavy (non-hydrogen) atoms. The van der Waals surface area contributed by atoms with Gasteiger partial charge in [0.2, 0.25) is 0 Å². The first kappa shape index (κ1) is 9.91. The first-order chi connectivity index (χ1) is 5.49. The lowest BCUT2D eigenvalue weighted by Crippen LogP contribution is -2.46. The van der Waals surface area contributed by atoms with Crippen molar-refractivity contribution in [1.82, 2.24) is 4.72 Å². The largest absolute Gasteiger partial charge is 0.381 e. The van der Waals surface area contributed by atoms with Gasteiger partial charge < -0.3 is 4.74 Å². The number of nitrogens with two attached hydrogens (primary N) is 1. The van der Waals surface area contributed by atoms with Gasteiger partial charge >= 0.3 is 0 Å². The molecule has 0 saturated carbocycles. The van der Waals surface area contributed by atoms with Crippen molar-refractivity contribution in [3.8, 4) is 0 Å². The van der Waals surface area contributed by atoms with Crippen LogP contribution in [0, 0.1) is 5.92 Å². The predicted octanol–water partition coefficient (Wildman–Crippen LogP) is -0.795. The molecule has 1 aliphatic heterocycles. The Bertz CT molecular complexity index is 239. The van der Waals surface area contributed by atoms with E-state index in [-0.39, 0.29) is 12.0 Å². The van der Waals surface area contributed by atoms with Gasteiger partial charge in [-0.25, -0.2) is 5.14 Å². The molecule has 0 radical (unpaired) electrons. The summed E-state index contributed by atoms with van der Waals surface area (Å²) in [5, 5.41) is 4.85. The monoisotopic (exact) mass is 194 g/mol. The average molecular weight is 194 g/mol. The lowest BCUT2D eigenvalue weighted by Gasteiger charge is -2.28. The van der Waals surface area contributed by atoms with Crippen LogP contribution in [-0.2, 0) is 14.9 Å². The van der Waals surface area contributed by atoms with Crippen LogP contribution in [0.5, 0.6) is 0 Å². The van der Waals surface area contributed by atoms with E-state index in [9.17, 15) is 8.42 Å². The number of nitrogens with one attached hydrogen (secondary N) is 1. The van der Waals surface area contributed by atoms with Gasteiger partial charge in [0.15, 0.2) is 0 Å². The highest BCUT2D eigenvalue weighted by molar-refractivity contribution is 7.87. The summed E-state index contributed by atoms with van der Waals surface area (Å²) in [7, 11) is -3.56. The average Bonchev–Trinajstić information content (AvgIpc) is 1.91. The quantitative estimate of drug-likeness (QED) is 0.604. The molecule has 0 aliphatic carbocycles. The predicted molar refractivity (Wildman–Crippen MR) is 44.6 cm³/mol. The van der Waals surface area contributed by atoms with Crippen LogP contribution in [0.4, 0.5) is 0 Å². The second kappa shape index (κ2) is 3.69. The fourth-order valence-corrected chi connectivity index (χ4v) is 2.04. The maximum absolute atomic E-state index is 10.7. The van der Waals surface area contributed by atoms with Gasteiger partial charge in [0, 0.05) is 12.6 Å². The summed E-state index contributed by atoms with van der Waals surface area (Å²) >= 11 is 0. The molecule has 3 N–H and O–H groups in total. The van der Waals surface area contributed by atoms with E-state index >= 15 is 0 Å². The Labute approximate surface area is 72.5 Å². The molecule has 1 fully saturated rings. The third-order valence-corrected chi connectivity index (χ3v) is 2.59. The summed E-state index contributed by atoms with van der Waals surface area (Å²) in [6, 6.07) is -0.0752. The SMILES string of the molecule is CC1COCCC1NS(N)(=O)=O. The molecule has 1 aliphatic rings. The van der Waals surface area contributed by atoms with Crippen molar-refractivity contribution >= 4 is 10.2 Å². The zero-order chi connectivity index (χ0) is 9.19. The number of rotatable bonds is 2. The van der Waals surface area contributed by atoms with Crippen LogP contribution in [0.2, 0.25) is 0 Å². The minimum atomic E-state index is -3.56. The molecule has 1 rings (SSSR count). The molecule has 0 spiro atoms. The van der Waals surface area contributed by atoms with Gasteiger partial charge in [-0.05, 0) is 12.3 Å². The van der Waals surface area contributed by atoms with Crippen molar-refractivity contribution in [1.29, 1.82) is 0 Å². The molecule has 72 valence electrons. The zero-order valence-electron chi connectivity index (χ0n) is 6.99. The molecule has 2 unspecified atom stereocenters. The molecule has 0 aromatic carbocycles. The topological polar surface area (TPSA) is 81.4 Å². The molecule has 1 heterocycles. The molecule has 2 atom stereocenters. The summed E-state index contributed by atoms with van der Waals surface area (Å²) in [5.74, 6) is 0.192. The van der Waals surface area contributed by atoms with Crippen LogP contribution in [0.1, 0.15) is 13.3 Å². The molecule has 0 amide bonds. The van der Waals surface area contributed by atoms with Gasteiger partial charge in [0.05, 0.1) is 6.61 Å². The first-order valence-corrected chi connectivity index (χ1v) is 5.41. The molecule has 0 bridgehead atoms. The van der Waals surface area contributed by atoms with Crippen molar-refractivity contribution in [2.45, 2.75) is 19.4 Å². The van der Waals surface area contributed by atoms with E-state index in [1.54, 1.807) is 0 Å². The van der Waals surface area contributed by atoms with E-state index in [2.05, 4.69) is 4.72 Å². The minimum Gasteiger partial charge on any atom is -0.381 e. The number of hydrogen-bond acceptors (Lipinski definition) is 3. The Morgan fingerprint density at radius 1 is 1.58 bits per heavy atom. The van der Waals surface area contributed by atoms with E-state index in [1.807, 2.05) is 6.92 Å². The summed E-state index contributed by atoms with van der Waals surface area (Å²) in [5.41, 5.74) is 0. The Morgan fingerprint density at radius 2 is 2.25 bits per heavy atom. The maximum atomic E-state index is 10.7. The van der Waals surface area contributed by atoms with Crippen molar-refractivity contribution in [3.05, 3.63) is 0 Å². The van der Waals surface area contributed by atoms with E-state index in [0.29, 0.717) is 19.6 Å². The second-order valence-corrected chi connectivity index (χ2v) is 4.44. The van der Waals surface area contributed by atoms with Crippen LogP contribution in [0.25, 0.3) is 0 Å². The molecule has 0 aromatic rings.